The molecule has 0 aliphatic carbocycles. The number of ether oxygens (including phenoxy) is 3. The van der Waals surface area contributed by atoms with E-state index in [1.165, 1.54) is 128 Å². The van der Waals surface area contributed by atoms with Crippen molar-refractivity contribution in [3.63, 3.8) is 0 Å². The van der Waals surface area contributed by atoms with Crippen LogP contribution >= 0.6 is 0 Å². The summed E-state index contributed by atoms with van der Waals surface area (Å²) < 4.78 is 16.7. The van der Waals surface area contributed by atoms with Gasteiger partial charge in [0.1, 0.15) is 13.2 Å². The van der Waals surface area contributed by atoms with Crippen LogP contribution in [-0.4, -0.2) is 37.2 Å². The standard InChI is InChI=1S/C45H86O6/c1-6-7-8-9-10-11-16-19-25-30-35-43(46)49-38-42(51-45(48)37-32-27-22-21-24-29-34-41(4)5)39-50-44(47)36-31-26-20-17-14-12-13-15-18-23-28-33-40(2)3/h40-42H,6-39H2,1-5H3/t42-/m0/s1. The Kier molecular flexibility index (Phi) is 37.0. The van der Waals surface area contributed by atoms with E-state index in [4.69, 9.17) is 14.2 Å². The molecule has 302 valence electrons. The molecule has 6 heteroatoms. The number of esters is 3. The second-order valence-electron chi connectivity index (χ2n) is 16.3. The summed E-state index contributed by atoms with van der Waals surface area (Å²) >= 11 is 0. The topological polar surface area (TPSA) is 78.9 Å². The average Bonchev–Trinajstić information content (AvgIpc) is 3.09. The average molecular weight is 723 g/mol. The number of hydrogen-bond donors (Lipinski definition) is 0. The van der Waals surface area contributed by atoms with E-state index in [0.717, 1.165) is 69.6 Å². The number of carbonyl (C=O) groups is 3. The minimum atomic E-state index is -0.760. The Labute approximate surface area is 317 Å². The summed E-state index contributed by atoms with van der Waals surface area (Å²) in [4.78, 5) is 37.6. The Morgan fingerprint density at radius 1 is 0.373 bits per heavy atom. The van der Waals surface area contributed by atoms with Gasteiger partial charge in [-0.25, -0.2) is 0 Å². The quantitative estimate of drug-likeness (QED) is 0.0357. The molecule has 0 fully saturated rings. The molecular formula is C45H86O6. The van der Waals surface area contributed by atoms with Crippen LogP contribution in [0.4, 0.5) is 0 Å². The maximum absolute atomic E-state index is 12.6. The van der Waals surface area contributed by atoms with Crippen molar-refractivity contribution in [2.75, 3.05) is 13.2 Å². The van der Waals surface area contributed by atoms with Crippen LogP contribution in [0.15, 0.2) is 0 Å². The van der Waals surface area contributed by atoms with E-state index >= 15 is 0 Å². The summed E-state index contributed by atoms with van der Waals surface area (Å²) in [6.45, 7) is 11.2. The van der Waals surface area contributed by atoms with E-state index in [9.17, 15) is 14.4 Å². The molecule has 0 heterocycles. The van der Waals surface area contributed by atoms with Crippen molar-refractivity contribution in [3.05, 3.63) is 0 Å². The molecule has 1 atom stereocenters. The van der Waals surface area contributed by atoms with Crippen LogP contribution in [0.3, 0.4) is 0 Å². The second-order valence-corrected chi connectivity index (χ2v) is 16.3. The third-order valence-corrected chi connectivity index (χ3v) is 9.97. The molecule has 51 heavy (non-hydrogen) atoms. The van der Waals surface area contributed by atoms with Gasteiger partial charge in [-0.1, -0.05) is 202 Å². The number of unbranched alkanes of at least 4 members (excludes halogenated alkanes) is 24. The molecule has 0 bridgehead atoms. The normalized spacial score (nSPS) is 12.1. The number of rotatable bonds is 39. The van der Waals surface area contributed by atoms with Crippen LogP contribution in [0.1, 0.15) is 240 Å². The van der Waals surface area contributed by atoms with Gasteiger partial charge in [0.05, 0.1) is 0 Å². The minimum Gasteiger partial charge on any atom is -0.462 e. The molecule has 0 aliphatic rings. The largest absolute Gasteiger partial charge is 0.462 e. The molecule has 0 aromatic rings. The van der Waals surface area contributed by atoms with Gasteiger partial charge in [-0.15, -0.1) is 0 Å². The van der Waals surface area contributed by atoms with Crippen molar-refractivity contribution >= 4 is 17.9 Å². The fourth-order valence-electron chi connectivity index (χ4n) is 6.58. The molecule has 0 N–H and O–H groups in total. The Morgan fingerprint density at radius 2 is 0.647 bits per heavy atom. The molecule has 0 amide bonds. The zero-order valence-corrected chi connectivity index (χ0v) is 34.7. The molecule has 0 saturated heterocycles. The molecule has 0 aliphatic heterocycles. The fourth-order valence-corrected chi connectivity index (χ4v) is 6.58. The Morgan fingerprint density at radius 3 is 0.961 bits per heavy atom. The zero-order chi connectivity index (χ0) is 37.6. The molecular weight excluding hydrogens is 636 g/mol. The van der Waals surface area contributed by atoms with Crippen molar-refractivity contribution in [1.82, 2.24) is 0 Å². The third-order valence-electron chi connectivity index (χ3n) is 9.97. The smallest absolute Gasteiger partial charge is 0.306 e. The van der Waals surface area contributed by atoms with E-state index in [0.29, 0.717) is 19.3 Å². The summed E-state index contributed by atoms with van der Waals surface area (Å²) in [5.41, 5.74) is 0. The summed E-state index contributed by atoms with van der Waals surface area (Å²) in [6, 6.07) is 0. The first-order valence-electron chi connectivity index (χ1n) is 22.2. The van der Waals surface area contributed by atoms with Gasteiger partial charge < -0.3 is 14.2 Å². The SMILES string of the molecule is CCCCCCCCCCCCC(=O)OC[C@@H](COC(=O)CCCCCCCCCCCCCC(C)C)OC(=O)CCCCCCCCC(C)C. The predicted molar refractivity (Wildman–Crippen MR) is 215 cm³/mol. The lowest BCUT2D eigenvalue weighted by Crippen LogP contribution is -2.30. The van der Waals surface area contributed by atoms with Gasteiger partial charge in [0.25, 0.3) is 0 Å². The monoisotopic (exact) mass is 723 g/mol. The molecule has 0 saturated carbocycles. The van der Waals surface area contributed by atoms with Gasteiger partial charge in [-0.05, 0) is 31.1 Å². The Hall–Kier alpha value is -1.59. The lowest BCUT2D eigenvalue weighted by molar-refractivity contribution is -0.167. The van der Waals surface area contributed by atoms with Crippen LogP contribution in [0.25, 0.3) is 0 Å². The van der Waals surface area contributed by atoms with Crippen LogP contribution in [0.5, 0.6) is 0 Å². The molecule has 0 spiro atoms. The van der Waals surface area contributed by atoms with E-state index in [1.807, 2.05) is 0 Å². The van der Waals surface area contributed by atoms with Crippen molar-refractivity contribution < 1.29 is 28.6 Å². The third kappa shape index (κ3) is 39.5. The highest BCUT2D eigenvalue weighted by Gasteiger charge is 2.19. The second kappa shape index (κ2) is 38.1. The predicted octanol–water partition coefficient (Wildman–Crippen LogP) is 13.8. The van der Waals surface area contributed by atoms with Gasteiger partial charge >= 0.3 is 17.9 Å². The summed E-state index contributed by atoms with van der Waals surface area (Å²) in [6.07, 6.45) is 35.3. The Bertz CT molecular complexity index is 779. The number of hydrogen-bond acceptors (Lipinski definition) is 6. The maximum atomic E-state index is 12.6. The molecule has 0 radical (unpaired) electrons. The van der Waals surface area contributed by atoms with Crippen molar-refractivity contribution in [3.8, 4) is 0 Å². The van der Waals surface area contributed by atoms with Gasteiger partial charge in [-0.2, -0.15) is 0 Å². The van der Waals surface area contributed by atoms with E-state index in [1.54, 1.807) is 0 Å². The van der Waals surface area contributed by atoms with Crippen molar-refractivity contribution in [1.29, 1.82) is 0 Å². The first-order chi connectivity index (χ1) is 24.7. The lowest BCUT2D eigenvalue weighted by atomic mass is 10.0. The van der Waals surface area contributed by atoms with Crippen molar-refractivity contribution in [2.45, 2.75) is 246 Å². The summed E-state index contributed by atoms with van der Waals surface area (Å²) in [7, 11) is 0. The van der Waals surface area contributed by atoms with Gasteiger partial charge in [0.15, 0.2) is 6.10 Å². The summed E-state index contributed by atoms with van der Waals surface area (Å²) in [5.74, 6) is 0.721. The maximum Gasteiger partial charge on any atom is 0.306 e. The molecule has 6 nitrogen and oxygen atoms in total. The van der Waals surface area contributed by atoms with E-state index < -0.39 is 6.10 Å². The van der Waals surface area contributed by atoms with E-state index in [-0.39, 0.29) is 31.1 Å². The van der Waals surface area contributed by atoms with Gasteiger partial charge in [0.2, 0.25) is 0 Å². The fraction of sp³-hybridized carbons (Fsp3) is 0.933. The molecule has 0 aromatic heterocycles. The molecule has 0 rings (SSSR count). The Balaban J connectivity index is 4.30. The first-order valence-corrected chi connectivity index (χ1v) is 22.2. The minimum absolute atomic E-state index is 0.0660. The van der Waals surface area contributed by atoms with Gasteiger partial charge in [-0.3, -0.25) is 14.4 Å². The van der Waals surface area contributed by atoms with Crippen LogP contribution in [0, 0.1) is 11.8 Å². The first kappa shape index (κ1) is 49.4. The van der Waals surface area contributed by atoms with E-state index in [2.05, 4.69) is 34.6 Å². The highest BCUT2D eigenvalue weighted by molar-refractivity contribution is 5.71. The van der Waals surface area contributed by atoms with Crippen LogP contribution in [0.2, 0.25) is 0 Å². The van der Waals surface area contributed by atoms with Crippen molar-refractivity contribution in [2.24, 2.45) is 11.8 Å². The van der Waals surface area contributed by atoms with Crippen LogP contribution < -0.4 is 0 Å². The van der Waals surface area contributed by atoms with Crippen LogP contribution in [-0.2, 0) is 28.6 Å². The lowest BCUT2D eigenvalue weighted by Gasteiger charge is -2.18. The van der Waals surface area contributed by atoms with Gasteiger partial charge in [0, 0.05) is 19.3 Å². The summed E-state index contributed by atoms with van der Waals surface area (Å²) in [5, 5.41) is 0. The zero-order valence-electron chi connectivity index (χ0n) is 34.7. The molecule has 0 unspecified atom stereocenters. The molecule has 0 aromatic carbocycles. The highest BCUT2D eigenvalue weighted by atomic mass is 16.6. The highest BCUT2D eigenvalue weighted by Crippen LogP contribution is 2.16. The number of carbonyl (C=O) groups excluding carboxylic acids is 3.